The predicted molar refractivity (Wildman–Crippen MR) is 63.3 cm³/mol. The predicted octanol–water partition coefficient (Wildman–Crippen LogP) is 0.201. The Morgan fingerprint density at radius 3 is 2.50 bits per heavy atom. The second kappa shape index (κ2) is 4.06. The molecule has 1 aliphatic rings. The minimum Gasteiger partial charge on any atom is -0.397 e. The fraction of sp³-hybridized carbons (Fsp3) is 0.444. The first kappa shape index (κ1) is 11.4. The van der Waals surface area contributed by atoms with E-state index in [1.165, 1.54) is 11.3 Å². The molecule has 16 heavy (non-hydrogen) atoms. The molecule has 2 N–H and O–H groups in total. The van der Waals surface area contributed by atoms with Crippen LogP contribution in [0.1, 0.15) is 9.67 Å². The zero-order chi connectivity index (χ0) is 11.8. The molecule has 2 heterocycles. The second-order valence-corrected chi connectivity index (χ2v) is 6.87. The number of anilines is 1. The summed E-state index contributed by atoms with van der Waals surface area (Å²) in [6.45, 7) is 0.525. The maximum atomic E-state index is 12.0. The minimum absolute atomic E-state index is 0.0457. The maximum Gasteiger partial charge on any atom is 0.266 e. The molecule has 0 saturated carbocycles. The summed E-state index contributed by atoms with van der Waals surface area (Å²) >= 11 is 1.29. The highest BCUT2D eigenvalue weighted by molar-refractivity contribution is 7.91. The Balaban J connectivity index is 2.11. The number of amides is 1. The van der Waals surface area contributed by atoms with E-state index in [1.807, 2.05) is 0 Å². The van der Waals surface area contributed by atoms with E-state index < -0.39 is 9.84 Å². The number of nitrogen functional groups attached to an aromatic ring is 1. The molecule has 1 aromatic rings. The van der Waals surface area contributed by atoms with Crippen molar-refractivity contribution in [2.75, 3.05) is 30.3 Å². The van der Waals surface area contributed by atoms with Crippen molar-refractivity contribution in [1.29, 1.82) is 0 Å². The van der Waals surface area contributed by atoms with E-state index in [1.54, 1.807) is 16.3 Å². The van der Waals surface area contributed by atoms with Crippen molar-refractivity contribution < 1.29 is 13.2 Å². The van der Waals surface area contributed by atoms with Gasteiger partial charge in [-0.25, -0.2) is 8.42 Å². The molecule has 2 rings (SSSR count). The fourth-order valence-corrected chi connectivity index (χ4v) is 3.54. The summed E-state index contributed by atoms with van der Waals surface area (Å²) in [6, 6.07) is 1.68. The summed E-state index contributed by atoms with van der Waals surface area (Å²) in [5.41, 5.74) is 6.11. The average molecular weight is 260 g/mol. The van der Waals surface area contributed by atoms with Gasteiger partial charge in [0.1, 0.15) is 4.88 Å². The molecule has 1 aromatic heterocycles. The Bertz CT molecular complexity index is 493. The summed E-state index contributed by atoms with van der Waals surface area (Å²) in [6.07, 6.45) is 0. The molecule has 0 unspecified atom stereocenters. The molecule has 88 valence electrons. The van der Waals surface area contributed by atoms with Crippen LogP contribution in [-0.4, -0.2) is 43.8 Å². The van der Waals surface area contributed by atoms with Gasteiger partial charge in [0, 0.05) is 13.1 Å². The first-order valence-electron chi connectivity index (χ1n) is 4.82. The lowest BCUT2D eigenvalue weighted by Crippen LogP contribution is -2.43. The van der Waals surface area contributed by atoms with Crippen LogP contribution in [0, 0.1) is 0 Å². The Hall–Kier alpha value is -1.08. The van der Waals surface area contributed by atoms with Gasteiger partial charge in [-0.3, -0.25) is 4.79 Å². The standard InChI is InChI=1S/C9H12N2O3S2/c10-7-1-4-15-8(7)9(12)11-2-5-16(13,14)6-3-11/h1,4H,2-3,5-6,10H2. The lowest BCUT2D eigenvalue weighted by Gasteiger charge is -2.26. The Morgan fingerprint density at radius 1 is 1.38 bits per heavy atom. The summed E-state index contributed by atoms with van der Waals surface area (Å²) < 4.78 is 22.4. The van der Waals surface area contributed by atoms with Crippen LogP contribution in [0.5, 0.6) is 0 Å². The lowest BCUT2D eigenvalue weighted by molar-refractivity contribution is 0.0776. The summed E-state index contributed by atoms with van der Waals surface area (Å²) in [5.74, 6) is -0.0731. The zero-order valence-corrected chi connectivity index (χ0v) is 10.2. The van der Waals surface area contributed by atoms with E-state index in [-0.39, 0.29) is 30.5 Å². The van der Waals surface area contributed by atoms with E-state index in [9.17, 15) is 13.2 Å². The first-order valence-corrected chi connectivity index (χ1v) is 7.52. The van der Waals surface area contributed by atoms with Crippen molar-refractivity contribution >= 4 is 32.8 Å². The molecule has 1 fully saturated rings. The van der Waals surface area contributed by atoms with Crippen LogP contribution in [-0.2, 0) is 9.84 Å². The highest BCUT2D eigenvalue weighted by atomic mass is 32.2. The lowest BCUT2D eigenvalue weighted by atomic mass is 10.3. The largest absolute Gasteiger partial charge is 0.397 e. The Labute approximate surface area is 97.8 Å². The highest BCUT2D eigenvalue weighted by Gasteiger charge is 2.27. The topological polar surface area (TPSA) is 80.5 Å². The molecular weight excluding hydrogens is 248 g/mol. The number of hydrogen-bond acceptors (Lipinski definition) is 5. The number of carbonyl (C=O) groups excluding carboxylic acids is 1. The molecule has 1 aliphatic heterocycles. The third-order valence-electron chi connectivity index (χ3n) is 2.52. The molecule has 0 radical (unpaired) electrons. The van der Waals surface area contributed by atoms with E-state index in [0.717, 1.165) is 0 Å². The molecule has 0 aromatic carbocycles. The van der Waals surface area contributed by atoms with Gasteiger partial charge in [0.25, 0.3) is 5.91 Å². The van der Waals surface area contributed by atoms with Crippen LogP contribution in [0.3, 0.4) is 0 Å². The van der Waals surface area contributed by atoms with Gasteiger partial charge in [0.2, 0.25) is 0 Å². The summed E-state index contributed by atoms with van der Waals surface area (Å²) in [4.78, 5) is 14.0. The van der Waals surface area contributed by atoms with Gasteiger partial charge in [0.15, 0.2) is 9.84 Å². The maximum absolute atomic E-state index is 12.0. The molecule has 1 saturated heterocycles. The number of thiophene rings is 1. The second-order valence-electron chi connectivity index (χ2n) is 3.65. The smallest absolute Gasteiger partial charge is 0.266 e. The third-order valence-corrected chi connectivity index (χ3v) is 5.05. The number of carbonyl (C=O) groups is 1. The highest BCUT2D eigenvalue weighted by Crippen LogP contribution is 2.21. The molecular formula is C9H12N2O3S2. The van der Waals surface area contributed by atoms with E-state index >= 15 is 0 Å². The molecule has 0 bridgehead atoms. The number of nitrogens with zero attached hydrogens (tertiary/aromatic N) is 1. The van der Waals surface area contributed by atoms with Crippen molar-refractivity contribution in [3.63, 3.8) is 0 Å². The minimum atomic E-state index is -2.95. The number of hydrogen-bond donors (Lipinski definition) is 1. The van der Waals surface area contributed by atoms with Crippen molar-refractivity contribution in [3.8, 4) is 0 Å². The van der Waals surface area contributed by atoms with Gasteiger partial charge < -0.3 is 10.6 Å². The van der Waals surface area contributed by atoms with Crippen molar-refractivity contribution in [1.82, 2.24) is 4.90 Å². The van der Waals surface area contributed by atoms with E-state index in [2.05, 4.69) is 0 Å². The molecule has 0 aliphatic carbocycles. The number of nitrogens with two attached hydrogens (primary N) is 1. The Kier molecular flexibility index (Phi) is 2.90. The SMILES string of the molecule is Nc1ccsc1C(=O)N1CCS(=O)(=O)CC1. The van der Waals surface area contributed by atoms with Gasteiger partial charge in [-0.05, 0) is 11.4 Å². The monoisotopic (exact) mass is 260 g/mol. The zero-order valence-electron chi connectivity index (χ0n) is 8.55. The quantitative estimate of drug-likeness (QED) is 0.782. The third kappa shape index (κ3) is 2.19. The van der Waals surface area contributed by atoms with Crippen LogP contribution in [0.2, 0.25) is 0 Å². The van der Waals surface area contributed by atoms with Gasteiger partial charge in [0.05, 0.1) is 17.2 Å². The average Bonchev–Trinajstić information content (AvgIpc) is 2.63. The van der Waals surface area contributed by atoms with Crippen LogP contribution in [0.15, 0.2) is 11.4 Å². The van der Waals surface area contributed by atoms with Gasteiger partial charge >= 0.3 is 0 Å². The van der Waals surface area contributed by atoms with Crippen LogP contribution < -0.4 is 5.73 Å². The Morgan fingerprint density at radius 2 is 2.00 bits per heavy atom. The molecule has 7 heteroatoms. The van der Waals surface area contributed by atoms with E-state index in [0.29, 0.717) is 10.6 Å². The van der Waals surface area contributed by atoms with E-state index in [4.69, 9.17) is 5.73 Å². The molecule has 1 amide bonds. The normalized spacial score (nSPS) is 19.6. The fourth-order valence-electron chi connectivity index (χ4n) is 1.55. The summed E-state index contributed by atoms with van der Waals surface area (Å²) in [5, 5.41) is 1.75. The number of rotatable bonds is 1. The van der Waals surface area contributed by atoms with Crippen molar-refractivity contribution in [2.45, 2.75) is 0 Å². The molecule has 5 nitrogen and oxygen atoms in total. The first-order chi connectivity index (χ1) is 7.49. The number of sulfone groups is 1. The van der Waals surface area contributed by atoms with Gasteiger partial charge in [-0.15, -0.1) is 11.3 Å². The van der Waals surface area contributed by atoms with Crippen molar-refractivity contribution in [3.05, 3.63) is 16.3 Å². The van der Waals surface area contributed by atoms with Gasteiger partial charge in [-0.2, -0.15) is 0 Å². The van der Waals surface area contributed by atoms with Crippen molar-refractivity contribution in [2.24, 2.45) is 0 Å². The van der Waals surface area contributed by atoms with Gasteiger partial charge in [-0.1, -0.05) is 0 Å². The van der Waals surface area contributed by atoms with Crippen LogP contribution in [0.4, 0.5) is 5.69 Å². The van der Waals surface area contributed by atoms with Crippen LogP contribution >= 0.6 is 11.3 Å². The summed E-state index contributed by atoms with van der Waals surface area (Å²) in [7, 11) is -2.95. The molecule has 0 atom stereocenters. The van der Waals surface area contributed by atoms with Crippen LogP contribution in [0.25, 0.3) is 0 Å². The molecule has 0 spiro atoms.